The minimum atomic E-state index is -8.22. The van der Waals surface area contributed by atoms with Crippen molar-refractivity contribution in [3.05, 3.63) is 0 Å². The maximum absolute atomic E-state index is 16.6. The molecule has 0 aromatic carbocycles. The van der Waals surface area contributed by atoms with Crippen LogP contribution in [0.1, 0.15) is 90.9 Å². The highest BCUT2D eigenvalue weighted by Gasteiger charge is 2.80. The van der Waals surface area contributed by atoms with Crippen LogP contribution in [0, 0.1) is 0 Å². The summed E-state index contributed by atoms with van der Waals surface area (Å²) in [5.74, 6) is -5.58. The molecule has 5 saturated heterocycles. The van der Waals surface area contributed by atoms with Gasteiger partial charge in [-0.15, -0.1) is 0 Å². The van der Waals surface area contributed by atoms with Crippen molar-refractivity contribution in [3.63, 3.8) is 0 Å². The summed E-state index contributed by atoms with van der Waals surface area (Å²) in [4.78, 5) is 13.3. The second-order valence-electron chi connectivity index (χ2n) is 25.4. The van der Waals surface area contributed by atoms with Crippen LogP contribution in [-0.4, -0.2) is 212 Å². The van der Waals surface area contributed by atoms with Crippen molar-refractivity contribution < 1.29 is 230 Å². The normalized spacial score (nSPS) is 34.6. The zero-order valence-electron chi connectivity index (χ0n) is 55.4. The first kappa shape index (κ1) is 98.1. The molecular weight excluding hydrogens is 1810 g/mol. The first-order valence-electron chi connectivity index (χ1n) is 31.0. The topological polar surface area (TPSA) is 177 Å². The number of alkyl halides is 35. The van der Waals surface area contributed by atoms with Crippen LogP contribution < -0.4 is 0 Å². The number of fused-ring (bicyclic) bond motifs is 6. The molecule has 8 bridgehead atoms. The van der Waals surface area contributed by atoms with E-state index in [-0.39, 0.29) is 28.1 Å². The van der Waals surface area contributed by atoms with Crippen molar-refractivity contribution in [3.8, 4) is 0 Å². The van der Waals surface area contributed by atoms with Crippen LogP contribution in [0.5, 0.6) is 0 Å². The van der Waals surface area contributed by atoms with Gasteiger partial charge in [-0.05, 0) is 31.9 Å². The van der Waals surface area contributed by atoms with E-state index in [2.05, 4.69) is 0 Å². The van der Waals surface area contributed by atoms with E-state index in [0.717, 1.165) is 0 Å². The van der Waals surface area contributed by atoms with Crippen LogP contribution in [0.4, 0.5) is 154 Å². The molecule has 0 saturated carbocycles. The monoisotopic (exact) mass is 1870 g/mol. The molecule has 5 fully saturated rings. The zero-order chi connectivity index (χ0) is 83.1. The number of halogens is 35. The van der Waals surface area contributed by atoms with Crippen molar-refractivity contribution >= 4 is 109 Å². The molecule has 1 N–H and O–H groups in total. The first-order valence-corrected chi connectivity index (χ1v) is 53.6. The average Bonchev–Trinajstić information content (AvgIpc) is 1.44. The molecule has 0 aliphatic carbocycles. The van der Waals surface area contributed by atoms with Crippen LogP contribution in [0.3, 0.4) is 0 Å². The molecule has 12 unspecified atom stereocenters. The third kappa shape index (κ3) is 31.8. The van der Waals surface area contributed by atoms with Gasteiger partial charge in [0.15, 0.2) is 9.04 Å². The van der Waals surface area contributed by atoms with E-state index in [4.69, 9.17) is 71.3 Å². The van der Waals surface area contributed by atoms with E-state index < -0.39 is 349 Å². The lowest BCUT2D eigenvalue weighted by Crippen LogP contribution is -2.77. The Balaban J connectivity index is 2.54. The maximum atomic E-state index is 16.6. The molecule has 108 heavy (non-hydrogen) atoms. The van der Waals surface area contributed by atoms with Gasteiger partial charge in [0.1, 0.15) is 0 Å². The van der Waals surface area contributed by atoms with Crippen molar-refractivity contribution in [2.24, 2.45) is 0 Å². The van der Waals surface area contributed by atoms with Gasteiger partial charge in [-0.3, -0.25) is 0 Å². The lowest BCUT2D eigenvalue weighted by atomic mass is 10.2. The highest BCUT2D eigenvalue weighted by Crippen LogP contribution is 2.56. The van der Waals surface area contributed by atoms with E-state index in [9.17, 15) is 13.6 Å². The third-order valence-electron chi connectivity index (χ3n) is 15.7. The lowest BCUT2D eigenvalue weighted by Gasteiger charge is -2.54. The maximum Gasteiger partial charge on any atom is 0.493 e. The Labute approximate surface area is 604 Å². The van der Waals surface area contributed by atoms with E-state index in [1.807, 2.05) is 0 Å². The summed E-state index contributed by atoms with van der Waals surface area (Å²) >= 11 is -0.744. The predicted octanol–water partition coefficient (Wildman–Crippen LogP) is 17.6. The highest BCUT2D eigenvalue weighted by atomic mass is 32.2. The molecule has 65 heteroatoms. The minimum Gasteiger partial charge on any atom is -0.416 e. The quantitative estimate of drug-likeness (QED) is 0.0338. The van der Waals surface area contributed by atoms with Gasteiger partial charge in [-0.1, -0.05) is 0 Å². The molecule has 5 aliphatic rings. The van der Waals surface area contributed by atoms with Gasteiger partial charge in [0.25, 0.3) is 0 Å². The first-order chi connectivity index (χ1) is 48.0. The molecule has 0 aromatic heterocycles. The molecule has 0 radical (unpaired) electrons. The Bertz CT molecular complexity index is 2910. The second kappa shape index (κ2) is 34.1. The van der Waals surface area contributed by atoms with Crippen molar-refractivity contribution in [1.82, 2.24) is 0 Å². The fraction of sp³-hybridized carbons (Fsp3) is 1.00. The molecule has 0 spiro atoms. The van der Waals surface area contributed by atoms with Gasteiger partial charge in [0, 0.05) is 151 Å². The van der Waals surface area contributed by atoms with E-state index in [0.29, 0.717) is 0 Å². The van der Waals surface area contributed by atoms with Crippen molar-refractivity contribution in [2.75, 3.05) is 26.2 Å². The molecule has 0 aromatic rings. The van der Waals surface area contributed by atoms with Crippen LogP contribution in [0.25, 0.3) is 0 Å². The fourth-order valence-corrected chi connectivity index (χ4v) is 72.9. The Morgan fingerprint density at radius 1 is 0.398 bits per heavy atom. The van der Waals surface area contributed by atoms with E-state index >= 15 is 145 Å². The Morgan fingerprint density at radius 2 is 0.750 bits per heavy atom. The number of hydrogen-bond acceptors (Lipinski definition) is 19. The summed E-state index contributed by atoms with van der Waals surface area (Å²) < 4.78 is 641. The predicted molar refractivity (Wildman–Crippen MR) is 312 cm³/mol. The van der Waals surface area contributed by atoms with Gasteiger partial charge in [0.05, 0.1) is 23.6 Å². The number of hydrogen-bond donors (Lipinski definition) is 1. The summed E-state index contributed by atoms with van der Waals surface area (Å²) in [7, 11) is -85.1. The van der Waals surface area contributed by atoms with Crippen molar-refractivity contribution in [2.45, 2.75) is 242 Å². The third-order valence-corrected chi connectivity index (χ3v) is 63.6. The summed E-state index contributed by atoms with van der Waals surface area (Å²) in [5.41, 5.74) is -3.63. The van der Waals surface area contributed by atoms with Gasteiger partial charge in [0.2, 0.25) is 5.92 Å². The standard InChI is InChI=1S/C43H65F35O18SSi11/c1-30-83-104(22-11-38(61,62)63)90-102(81-4,20-9-36(55,56)57)91-107(25-14-41(70,71)72)92-103(21-10-37(58,59)60)82-29-99(18-7-34(49,50)51)87-105(23-12-39(64,65)66,95-108(93-103,94-104)26-15-42(73,74)75)86-98(17-6-33(46,47)48)32(27-43(76,77)78,28-101(79,80-3)89-106(88-99,96-107)24-13-40(67,68)69)84-100(30,19-8-35(52,53)54)85-97-16-5-31(2,44)45/h30,79,98H,5-29H2,1-4H3/t30-,32?,98?,99?,100?,101?,102?,103?,104?,105?,106?,107?,108?/m1/s1. The molecule has 5 aliphatic heterocycles. The SMILES string of the molecule is CO[Si]1(O)CC2(CC(F)(F)F)O[Si](CCC(F)(F)F)(OSCCC(C)(F)F)[C@H](C)O[Si]3(CCC(F)(F)F)O[Si](CCC(F)(F)F)(OC)O[Si]4(CCC(F)(F)F)O[Si](CCC(F)(F)F)(O1)O[Si]1(CCC(F)(F)F)CO[Si](CCC(F)(F)F)(O4)O[Si](CCC(F)(F)F)(O[Si](CCC(F)(F)F)(O[SiH]2CCC(F)(F)F)O1)O3. The molecule has 0 amide bonds. The van der Waals surface area contributed by atoms with Crippen molar-refractivity contribution in [1.29, 1.82) is 0 Å². The van der Waals surface area contributed by atoms with Gasteiger partial charge in [-0.25, -0.2) is 8.78 Å². The molecule has 18 nitrogen and oxygen atoms in total. The highest BCUT2D eigenvalue weighted by molar-refractivity contribution is 7.95. The largest absolute Gasteiger partial charge is 0.493 e. The fourth-order valence-electron chi connectivity index (χ4n) is 11.1. The molecular formula is C43H65F35O18SSi11. The van der Waals surface area contributed by atoms with Crippen LogP contribution in [0.2, 0.25) is 66.5 Å². The Kier molecular flexibility index (Phi) is 31.0. The lowest BCUT2D eigenvalue weighted by molar-refractivity contribution is -0.163. The van der Waals surface area contributed by atoms with Crippen LogP contribution in [-0.2, 0) is 71.3 Å². The Morgan fingerprint density at radius 3 is 1.18 bits per heavy atom. The molecule has 13 atom stereocenters. The molecule has 5 rings (SSSR count). The number of rotatable bonds is 28. The average molecular weight is 1880 g/mol. The molecule has 5 heterocycles. The Hall–Kier alpha value is -0.434. The van der Waals surface area contributed by atoms with Crippen LogP contribution in [0.15, 0.2) is 0 Å². The summed E-state index contributed by atoms with van der Waals surface area (Å²) in [6.07, 6.45) is -106. The second-order valence-corrected chi connectivity index (χ2v) is 60.3. The van der Waals surface area contributed by atoms with Gasteiger partial charge >= 0.3 is 155 Å². The zero-order valence-corrected chi connectivity index (χ0v) is 67.3. The summed E-state index contributed by atoms with van der Waals surface area (Å²) in [6, 6.07) is -30.3. The van der Waals surface area contributed by atoms with Gasteiger partial charge in [-0.2, -0.15) is 145 Å². The summed E-state index contributed by atoms with van der Waals surface area (Å²) in [5, 5.41) is -5.00. The smallest absolute Gasteiger partial charge is 0.416 e. The summed E-state index contributed by atoms with van der Waals surface area (Å²) in [6.45, 7) is 0.0657. The van der Waals surface area contributed by atoms with Gasteiger partial charge < -0.3 is 76.1 Å². The molecule has 640 valence electrons. The van der Waals surface area contributed by atoms with E-state index in [1.54, 1.807) is 0 Å². The van der Waals surface area contributed by atoms with Crippen LogP contribution >= 0.6 is 12.0 Å². The minimum absolute atomic E-state index is 0.00197. The van der Waals surface area contributed by atoms with E-state index in [1.165, 1.54) is 0 Å².